The van der Waals surface area contributed by atoms with Crippen molar-refractivity contribution in [3.63, 3.8) is 0 Å². The molecular formula is C17H16ClN5O. The summed E-state index contributed by atoms with van der Waals surface area (Å²) in [6.07, 6.45) is 4.40. The van der Waals surface area contributed by atoms with Crippen LogP contribution in [0.4, 0.5) is 5.82 Å². The van der Waals surface area contributed by atoms with E-state index in [1.807, 2.05) is 16.6 Å². The Morgan fingerprint density at radius 1 is 1.25 bits per heavy atom. The van der Waals surface area contributed by atoms with Gasteiger partial charge in [-0.25, -0.2) is 4.98 Å². The fourth-order valence-electron chi connectivity index (χ4n) is 3.05. The van der Waals surface area contributed by atoms with Crippen LogP contribution in [0, 0.1) is 0 Å². The van der Waals surface area contributed by atoms with Gasteiger partial charge in [0.2, 0.25) is 0 Å². The van der Waals surface area contributed by atoms with Gasteiger partial charge in [0.25, 0.3) is 5.91 Å². The maximum Gasteiger partial charge on any atom is 0.251 e. The summed E-state index contributed by atoms with van der Waals surface area (Å²) in [6.45, 7) is 1.60. The molecule has 3 aromatic rings. The number of halogens is 1. The van der Waals surface area contributed by atoms with E-state index in [-0.39, 0.29) is 11.9 Å². The Bertz CT molecular complexity index is 893. The fourth-order valence-corrected chi connectivity index (χ4v) is 3.24. The third-order valence-electron chi connectivity index (χ3n) is 4.20. The van der Waals surface area contributed by atoms with Crippen LogP contribution in [0.15, 0.2) is 48.8 Å². The van der Waals surface area contributed by atoms with Crippen molar-refractivity contribution in [1.82, 2.24) is 19.9 Å². The second kappa shape index (κ2) is 6.13. The average Bonchev–Trinajstić information content (AvgIpc) is 3.23. The van der Waals surface area contributed by atoms with Gasteiger partial charge >= 0.3 is 0 Å². The minimum Gasteiger partial charge on any atom is -0.354 e. The highest BCUT2D eigenvalue weighted by molar-refractivity contribution is 6.30. The number of fused-ring (bicyclic) bond motifs is 1. The second-order valence-electron chi connectivity index (χ2n) is 5.82. The zero-order valence-electron chi connectivity index (χ0n) is 12.9. The summed E-state index contributed by atoms with van der Waals surface area (Å²) in [6, 6.07) is 10.9. The van der Waals surface area contributed by atoms with Crippen LogP contribution < -0.4 is 10.2 Å². The molecule has 1 aliphatic rings. The lowest BCUT2D eigenvalue weighted by Gasteiger charge is -2.19. The molecule has 7 heteroatoms. The number of hydrogen-bond acceptors (Lipinski definition) is 4. The molecule has 2 aromatic heterocycles. The van der Waals surface area contributed by atoms with Crippen molar-refractivity contribution in [3.05, 3.63) is 59.4 Å². The number of carbonyl (C=O) groups excluding carboxylic acids is 1. The maximum atomic E-state index is 12.4. The number of hydrogen-bond donors (Lipinski definition) is 1. The van der Waals surface area contributed by atoms with E-state index in [0.29, 0.717) is 10.6 Å². The van der Waals surface area contributed by atoms with Crippen molar-refractivity contribution in [3.8, 4) is 0 Å². The van der Waals surface area contributed by atoms with Crippen molar-refractivity contribution in [2.24, 2.45) is 0 Å². The molecule has 0 aliphatic carbocycles. The average molecular weight is 342 g/mol. The first-order valence-corrected chi connectivity index (χ1v) is 8.18. The number of rotatable bonds is 3. The normalized spacial score (nSPS) is 17.4. The number of benzene rings is 1. The maximum absolute atomic E-state index is 12.4. The minimum absolute atomic E-state index is 0.0928. The van der Waals surface area contributed by atoms with Crippen molar-refractivity contribution < 1.29 is 4.79 Å². The monoisotopic (exact) mass is 341 g/mol. The standard InChI is InChI=1S/C17H16ClN5O/c18-13-3-1-2-12(10-13)17(24)21-14-6-9-22(11-14)16-5-7-19-15-4-8-20-23(15)16/h1-5,7-8,10,14H,6,9,11H2,(H,21,24). The first-order chi connectivity index (χ1) is 11.7. The lowest BCUT2D eigenvalue weighted by Crippen LogP contribution is -2.37. The topological polar surface area (TPSA) is 62.5 Å². The van der Waals surface area contributed by atoms with Gasteiger partial charge in [0.15, 0.2) is 5.65 Å². The third kappa shape index (κ3) is 2.80. The van der Waals surface area contributed by atoms with Gasteiger partial charge in [-0.2, -0.15) is 9.61 Å². The Morgan fingerprint density at radius 2 is 2.17 bits per heavy atom. The van der Waals surface area contributed by atoms with Gasteiger partial charge in [-0.1, -0.05) is 17.7 Å². The smallest absolute Gasteiger partial charge is 0.251 e. The Morgan fingerprint density at radius 3 is 3.04 bits per heavy atom. The van der Waals surface area contributed by atoms with Crippen molar-refractivity contribution in [2.75, 3.05) is 18.0 Å². The van der Waals surface area contributed by atoms with E-state index in [2.05, 4.69) is 20.3 Å². The van der Waals surface area contributed by atoms with E-state index in [9.17, 15) is 4.79 Å². The predicted octanol–water partition coefficient (Wildman–Crippen LogP) is 2.39. The SMILES string of the molecule is O=C(NC1CCN(c2ccnc3ccnn23)C1)c1cccc(Cl)c1. The van der Waals surface area contributed by atoms with Crippen LogP contribution in [0.5, 0.6) is 0 Å². The fraction of sp³-hybridized carbons (Fsp3) is 0.235. The lowest BCUT2D eigenvalue weighted by atomic mass is 10.2. The third-order valence-corrected chi connectivity index (χ3v) is 4.44. The van der Waals surface area contributed by atoms with Crippen molar-refractivity contribution in [1.29, 1.82) is 0 Å². The summed E-state index contributed by atoms with van der Waals surface area (Å²) < 4.78 is 1.82. The van der Waals surface area contributed by atoms with E-state index in [0.717, 1.165) is 31.0 Å². The van der Waals surface area contributed by atoms with E-state index >= 15 is 0 Å². The molecule has 1 N–H and O–H groups in total. The molecule has 0 saturated carbocycles. The minimum atomic E-state index is -0.0942. The van der Waals surface area contributed by atoms with E-state index < -0.39 is 0 Å². The van der Waals surface area contributed by atoms with Gasteiger partial charge in [0.1, 0.15) is 5.82 Å². The van der Waals surface area contributed by atoms with Gasteiger partial charge in [-0.05, 0) is 30.7 Å². The zero-order valence-corrected chi connectivity index (χ0v) is 13.6. The molecule has 1 aromatic carbocycles. The molecule has 1 fully saturated rings. The largest absolute Gasteiger partial charge is 0.354 e. The highest BCUT2D eigenvalue weighted by atomic mass is 35.5. The molecule has 24 heavy (non-hydrogen) atoms. The number of carbonyl (C=O) groups is 1. The van der Waals surface area contributed by atoms with Crippen LogP contribution in [0.25, 0.3) is 5.65 Å². The Balaban J connectivity index is 1.47. The number of aromatic nitrogens is 3. The van der Waals surface area contributed by atoms with Gasteiger partial charge in [-0.3, -0.25) is 4.79 Å². The number of nitrogens with one attached hydrogen (secondary N) is 1. The molecule has 1 amide bonds. The molecular weight excluding hydrogens is 326 g/mol. The summed E-state index contributed by atoms with van der Waals surface area (Å²) in [5, 5.41) is 7.96. The van der Waals surface area contributed by atoms with Crippen LogP contribution in [0.1, 0.15) is 16.8 Å². The van der Waals surface area contributed by atoms with Gasteiger partial charge in [-0.15, -0.1) is 0 Å². The first kappa shape index (κ1) is 15.0. The number of nitrogens with zero attached hydrogens (tertiary/aromatic N) is 4. The van der Waals surface area contributed by atoms with Crippen LogP contribution >= 0.6 is 11.6 Å². The van der Waals surface area contributed by atoms with Gasteiger partial charge in [0, 0.05) is 42.0 Å². The van der Waals surface area contributed by atoms with Crippen LogP contribution in [0.3, 0.4) is 0 Å². The van der Waals surface area contributed by atoms with Crippen molar-refractivity contribution >= 4 is 29.0 Å². The van der Waals surface area contributed by atoms with Crippen LogP contribution in [-0.2, 0) is 0 Å². The Hall–Kier alpha value is -2.60. The molecule has 3 heterocycles. The van der Waals surface area contributed by atoms with Gasteiger partial charge in [0.05, 0.1) is 6.20 Å². The predicted molar refractivity (Wildman–Crippen MR) is 92.5 cm³/mol. The molecule has 122 valence electrons. The molecule has 0 spiro atoms. The van der Waals surface area contributed by atoms with E-state index in [1.54, 1.807) is 36.7 Å². The molecule has 1 unspecified atom stereocenters. The molecule has 6 nitrogen and oxygen atoms in total. The summed E-state index contributed by atoms with van der Waals surface area (Å²) >= 11 is 5.95. The number of anilines is 1. The summed E-state index contributed by atoms with van der Waals surface area (Å²) in [4.78, 5) is 18.8. The first-order valence-electron chi connectivity index (χ1n) is 7.81. The highest BCUT2D eigenvalue weighted by Gasteiger charge is 2.26. The van der Waals surface area contributed by atoms with Gasteiger partial charge < -0.3 is 10.2 Å². The van der Waals surface area contributed by atoms with E-state index in [4.69, 9.17) is 11.6 Å². The molecule has 1 saturated heterocycles. The van der Waals surface area contributed by atoms with Crippen LogP contribution in [0.2, 0.25) is 5.02 Å². The van der Waals surface area contributed by atoms with Crippen LogP contribution in [-0.4, -0.2) is 39.6 Å². The molecule has 0 radical (unpaired) electrons. The van der Waals surface area contributed by atoms with Crippen molar-refractivity contribution in [2.45, 2.75) is 12.5 Å². The number of amides is 1. The summed E-state index contributed by atoms with van der Waals surface area (Å²) in [5.41, 5.74) is 1.40. The molecule has 1 atom stereocenters. The molecule has 0 bridgehead atoms. The summed E-state index contributed by atoms with van der Waals surface area (Å²) in [7, 11) is 0. The Labute approximate surface area is 144 Å². The lowest BCUT2D eigenvalue weighted by molar-refractivity contribution is 0.0940. The zero-order chi connectivity index (χ0) is 16.5. The second-order valence-corrected chi connectivity index (χ2v) is 6.26. The molecule has 1 aliphatic heterocycles. The molecule has 4 rings (SSSR count). The quantitative estimate of drug-likeness (QED) is 0.794. The van der Waals surface area contributed by atoms with E-state index in [1.165, 1.54) is 0 Å². The summed E-state index contributed by atoms with van der Waals surface area (Å²) in [5.74, 6) is 0.896. The Kier molecular flexibility index (Phi) is 3.82. The highest BCUT2D eigenvalue weighted by Crippen LogP contribution is 2.21.